The zero-order valence-electron chi connectivity index (χ0n) is 15.4. The first-order valence-corrected chi connectivity index (χ1v) is 9.75. The van der Waals surface area contributed by atoms with E-state index in [-0.39, 0.29) is 5.91 Å². The van der Waals surface area contributed by atoms with Gasteiger partial charge < -0.3 is 4.90 Å². The molecule has 2 aliphatic rings. The van der Waals surface area contributed by atoms with Crippen molar-refractivity contribution in [1.29, 1.82) is 0 Å². The molecule has 136 valence electrons. The Bertz CT molecular complexity index is 1010. The third-order valence-corrected chi connectivity index (χ3v) is 5.74. The molecule has 3 heterocycles. The van der Waals surface area contributed by atoms with Gasteiger partial charge in [-0.25, -0.2) is 0 Å². The fourth-order valence-electron chi connectivity index (χ4n) is 4.09. The lowest BCUT2D eigenvalue weighted by molar-refractivity contribution is 0.0777. The zero-order chi connectivity index (χ0) is 18.2. The SMILES string of the molecule is O=C1c2c(CN3CCC3)cccc2CN1CCc1ccc2ccccc2n1. The lowest BCUT2D eigenvalue weighted by Crippen LogP contribution is -2.36. The summed E-state index contributed by atoms with van der Waals surface area (Å²) in [6.45, 7) is 4.62. The van der Waals surface area contributed by atoms with Gasteiger partial charge in [0.25, 0.3) is 5.91 Å². The molecule has 0 N–H and O–H groups in total. The number of amides is 1. The van der Waals surface area contributed by atoms with Gasteiger partial charge in [0, 0.05) is 42.7 Å². The van der Waals surface area contributed by atoms with Crippen molar-refractivity contribution in [2.75, 3.05) is 19.6 Å². The maximum Gasteiger partial charge on any atom is 0.254 e. The normalized spacial score (nSPS) is 16.6. The molecule has 0 saturated carbocycles. The monoisotopic (exact) mass is 357 g/mol. The van der Waals surface area contributed by atoms with E-state index in [1.54, 1.807) is 0 Å². The molecule has 27 heavy (non-hydrogen) atoms. The van der Waals surface area contributed by atoms with Crippen molar-refractivity contribution in [3.8, 4) is 0 Å². The van der Waals surface area contributed by atoms with Gasteiger partial charge in [0.1, 0.15) is 0 Å². The van der Waals surface area contributed by atoms with E-state index in [0.29, 0.717) is 6.54 Å². The highest BCUT2D eigenvalue weighted by Crippen LogP contribution is 2.28. The average molecular weight is 357 g/mol. The van der Waals surface area contributed by atoms with Crippen LogP contribution in [0.5, 0.6) is 0 Å². The van der Waals surface area contributed by atoms with Crippen LogP contribution >= 0.6 is 0 Å². The van der Waals surface area contributed by atoms with E-state index >= 15 is 0 Å². The second-order valence-corrected chi connectivity index (χ2v) is 7.55. The summed E-state index contributed by atoms with van der Waals surface area (Å²) in [4.78, 5) is 22.1. The molecule has 0 unspecified atom stereocenters. The molecule has 2 aliphatic heterocycles. The first kappa shape index (κ1) is 16.5. The molecule has 3 aromatic rings. The van der Waals surface area contributed by atoms with Crippen LogP contribution in [0.15, 0.2) is 54.6 Å². The summed E-state index contributed by atoms with van der Waals surface area (Å²) in [5.41, 5.74) is 5.35. The summed E-state index contributed by atoms with van der Waals surface area (Å²) < 4.78 is 0. The molecule has 0 bridgehead atoms. The fraction of sp³-hybridized carbons (Fsp3) is 0.304. The topological polar surface area (TPSA) is 36.4 Å². The standard InChI is InChI=1S/C23H23N3O/c27-23-22-18(15-25-12-4-13-25)6-3-7-19(22)16-26(23)14-11-20-10-9-17-5-1-2-8-21(17)24-20/h1-3,5-10H,4,11-16H2. The number of para-hydroxylation sites is 1. The van der Waals surface area contributed by atoms with Gasteiger partial charge in [-0.05, 0) is 42.8 Å². The van der Waals surface area contributed by atoms with Gasteiger partial charge in [-0.1, -0.05) is 42.5 Å². The number of likely N-dealkylation sites (tertiary alicyclic amines) is 1. The minimum absolute atomic E-state index is 0.182. The third kappa shape index (κ3) is 3.10. The Morgan fingerprint density at radius 1 is 0.963 bits per heavy atom. The Labute approximate surface area is 159 Å². The second kappa shape index (κ2) is 6.78. The largest absolute Gasteiger partial charge is 0.334 e. The lowest BCUT2D eigenvalue weighted by atomic mass is 10.0. The maximum absolute atomic E-state index is 13.0. The van der Waals surface area contributed by atoms with Gasteiger partial charge in [0.15, 0.2) is 0 Å². The molecule has 4 nitrogen and oxygen atoms in total. The molecule has 1 aromatic heterocycles. The number of rotatable bonds is 5. The quantitative estimate of drug-likeness (QED) is 0.699. The van der Waals surface area contributed by atoms with E-state index in [1.165, 1.54) is 17.5 Å². The maximum atomic E-state index is 13.0. The van der Waals surface area contributed by atoms with Crippen LogP contribution in [-0.4, -0.2) is 40.3 Å². The summed E-state index contributed by atoms with van der Waals surface area (Å²) in [7, 11) is 0. The minimum atomic E-state index is 0.182. The summed E-state index contributed by atoms with van der Waals surface area (Å²) in [6, 6.07) is 18.7. The molecule has 1 amide bonds. The molecular weight excluding hydrogens is 334 g/mol. The molecule has 0 atom stereocenters. The van der Waals surface area contributed by atoms with Gasteiger partial charge in [-0.15, -0.1) is 0 Å². The van der Waals surface area contributed by atoms with Crippen molar-refractivity contribution in [2.24, 2.45) is 0 Å². The number of nitrogens with zero attached hydrogens (tertiary/aromatic N) is 3. The third-order valence-electron chi connectivity index (χ3n) is 5.74. The van der Waals surface area contributed by atoms with Crippen molar-refractivity contribution in [3.63, 3.8) is 0 Å². The summed E-state index contributed by atoms with van der Waals surface area (Å²) in [5.74, 6) is 0.182. The van der Waals surface area contributed by atoms with Crippen molar-refractivity contribution < 1.29 is 4.79 Å². The summed E-state index contributed by atoms with van der Waals surface area (Å²) >= 11 is 0. The van der Waals surface area contributed by atoms with Crippen LogP contribution < -0.4 is 0 Å². The highest BCUT2D eigenvalue weighted by molar-refractivity contribution is 5.99. The Morgan fingerprint density at radius 3 is 2.70 bits per heavy atom. The van der Waals surface area contributed by atoms with Crippen LogP contribution in [0.2, 0.25) is 0 Å². The predicted octanol–water partition coefficient (Wildman–Crippen LogP) is 3.64. The van der Waals surface area contributed by atoms with Crippen LogP contribution in [0.1, 0.15) is 33.6 Å². The molecule has 1 saturated heterocycles. The summed E-state index contributed by atoms with van der Waals surface area (Å²) in [6.07, 6.45) is 2.06. The first-order chi connectivity index (χ1) is 13.3. The lowest BCUT2D eigenvalue weighted by Gasteiger charge is -2.31. The highest BCUT2D eigenvalue weighted by atomic mass is 16.2. The van der Waals surface area contributed by atoms with Crippen LogP contribution in [-0.2, 0) is 19.5 Å². The fourth-order valence-corrected chi connectivity index (χ4v) is 4.09. The number of fused-ring (bicyclic) bond motifs is 2. The number of aromatic nitrogens is 1. The van der Waals surface area contributed by atoms with Gasteiger partial charge in [0.05, 0.1) is 5.52 Å². The molecule has 1 fully saturated rings. The Hall–Kier alpha value is -2.72. The van der Waals surface area contributed by atoms with Gasteiger partial charge in [0.2, 0.25) is 0 Å². The smallest absolute Gasteiger partial charge is 0.254 e. The number of pyridine rings is 1. The van der Waals surface area contributed by atoms with Crippen molar-refractivity contribution >= 4 is 16.8 Å². The van der Waals surface area contributed by atoms with E-state index in [4.69, 9.17) is 4.98 Å². The molecule has 0 radical (unpaired) electrons. The van der Waals surface area contributed by atoms with Crippen LogP contribution in [0.25, 0.3) is 10.9 Å². The molecule has 5 rings (SSSR count). The predicted molar refractivity (Wildman–Crippen MR) is 107 cm³/mol. The molecule has 0 aliphatic carbocycles. The van der Waals surface area contributed by atoms with E-state index in [1.807, 2.05) is 23.1 Å². The highest BCUT2D eigenvalue weighted by Gasteiger charge is 2.30. The van der Waals surface area contributed by atoms with E-state index < -0.39 is 0 Å². The van der Waals surface area contributed by atoms with Crippen molar-refractivity contribution in [3.05, 3.63) is 77.0 Å². The van der Waals surface area contributed by atoms with Gasteiger partial charge in [-0.3, -0.25) is 14.7 Å². The Kier molecular flexibility index (Phi) is 4.13. The second-order valence-electron chi connectivity index (χ2n) is 7.55. The Morgan fingerprint density at radius 2 is 1.85 bits per heavy atom. The van der Waals surface area contributed by atoms with E-state index in [0.717, 1.165) is 54.8 Å². The molecular formula is C23H23N3O. The van der Waals surface area contributed by atoms with Gasteiger partial charge >= 0.3 is 0 Å². The Balaban J connectivity index is 1.31. The van der Waals surface area contributed by atoms with Crippen molar-refractivity contribution in [1.82, 2.24) is 14.8 Å². The van der Waals surface area contributed by atoms with Crippen LogP contribution in [0.3, 0.4) is 0 Å². The molecule has 0 spiro atoms. The van der Waals surface area contributed by atoms with Crippen LogP contribution in [0.4, 0.5) is 0 Å². The van der Waals surface area contributed by atoms with Gasteiger partial charge in [-0.2, -0.15) is 0 Å². The zero-order valence-corrected chi connectivity index (χ0v) is 15.4. The first-order valence-electron chi connectivity index (χ1n) is 9.75. The number of carbonyl (C=O) groups is 1. The van der Waals surface area contributed by atoms with E-state index in [9.17, 15) is 4.79 Å². The molecule has 4 heteroatoms. The number of carbonyl (C=O) groups excluding carboxylic acids is 1. The average Bonchev–Trinajstić information content (AvgIpc) is 2.99. The number of benzene rings is 2. The number of hydrogen-bond donors (Lipinski definition) is 0. The van der Waals surface area contributed by atoms with Crippen LogP contribution in [0, 0.1) is 0 Å². The minimum Gasteiger partial charge on any atom is -0.334 e. The molecule has 2 aromatic carbocycles. The number of hydrogen-bond acceptors (Lipinski definition) is 3. The summed E-state index contributed by atoms with van der Waals surface area (Å²) in [5, 5.41) is 1.15. The van der Waals surface area contributed by atoms with E-state index in [2.05, 4.69) is 41.3 Å². The van der Waals surface area contributed by atoms with Crippen molar-refractivity contribution in [2.45, 2.75) is 25.9 Å².